The summed E-state index contributed by atoms with van der Waals surface area (Å²) in [5, 5.41) is 0. The van der Waals surface area contributed by atoms with Crippen LogP contribution in [-0.4, -0.2) is 44.3 Å². The number of rotatable bonds is 2. The maximum Gasteiger partial charge on any atom is 0.340 e. The molecule has 0 aromatic heterocycles. The van der Waals surface area contributed by atoms with Crippen molar-refractivity contribution < 1.29 is 23.8 Å². The zero-order chi connectivity index (χ0) is 11.9. The molecule has 7 nitrogen and oxygen atoms in total. The zero-order valence-electron chi connectivity index (χ0n) is 8.72. The standard InChI is InChI=1S/C9H10N2O5/c1-14-7(12)5-4-3-11-9(10,16-4)6(5)8(13)15-2/h3-4H,10H2,1-2H3. The van der Waals surface area contributed by atoms with Crippen LogP contribution in [0.2, 0.25) is 0 Å². The monoisotopic (exact) mass is 226 g/mol. The lowest BCUT2D eigenvalue weighted by Gasteiger charge is -2.17. The Bertz CT molecular complexity index is 428. The number of nitrogens with zero attached hydrogens (tertiary/aromatic N) is 1. The van der Waals surface area contributed by atoms with Crippen molar-refractivity contribution in [1.29, 1.82) is 0 Å². The van der Waals surface area contributed by atoms with Crippen molar-refractivity contribution in [2.24, 2.45) is 10.7 Å². The van der Waals surface area contributed by atoms with E-state index in [2.05, 4.69) is 14.5 Å². The van der Waals surface area contributed by atoms with Gasteiger partial charge in [0, 0.05) is 6.21 Å². The fraction of sp³-hybridized carbons (Fsp3) is 0.444. The minimum absolute atomic E-state index is 0.0480. The Morgan fingerprint density at radius 3 is 2.62 bits per heavy atom. The molecule has 0 amide bonds. The molecule has 2 aliphatic heterocycles. The summed E-state index contributed by atoms with van der Waals surface area (Å²) < 4.78 is 14.3. The van der Waals surface area contributed by atoms with Crippen LogP contribution in [0.1, 0.15) is 0 Å². The molecule has 2 rings (SSSR count). The average Bonchev–Trinajstić information content (AvgIpc) is 2.79. The highest BCUT2D eigenvalue weighted by atomic mass is 16.6. The molecule has 0 radical (unpaired) electrons. The second-order valence-electron chi connectivity index (χ2n) is 3.28. The molecule has 0 saturated carbocycles. The molecular weight excluding hydrogens is 216 g/mol. The zero-order valence-corrected chi connectivity index (χ0v) is 8.72. The van der Waals surface area contributed by atoms with Gasteiger partial charge in [-0.3, -0.25) is 5.73 Å². The SMILES string of the molecule is COC(=O)C1=C(C(=O)OC)C2(N)N=CC1O2. The highest BCUT2D eigenvalue weighted by molar-refractivity contribution is 6.07. The van der Waals surface area contributed by atoms with Gasteiger partial charge in [-0.2, -0.15) is 0 Å². The topological polar surface area (TPSA) is 100 Å². The number of ether oxygens (including phenoxy) is 3. The van der Waals surface area contributed by atoms with Crippen LogP contribution in [0.5, 0.6) is 0 Å². The van der Waals surface area contributed by atoms with E-state index >= 15 is 0 Å². The van der Waals surface area contributed by atoms with Crippen LogP contribution in [0, 0.1) is 0 Å². The van der Waals surface area contributed by atoms with Crippen molar-refractivity contribution in [2.45, 2.75) is 12.0 Å². The molecule has 0 aromatic carbocycles. The largest absolute Gasteiger partial charge is 0.466 e. The summed E-state index contributed by atoms with van der Waals surface area (Å²) in [5.74, 6) is -3.05. The minimum atomic E-state index is -1.62. The van der Waals surface area contributed by atoms with E-state index in [0.29, 0.717) is 0 Å². The normalized spacial score (nSPS) is 30.8. The van der Waals surface area contributed by atoms with E-state index in [0.717, 1.165) is 0 Å². The molecule has 16 heavy (non-hydrogen) atoms. The Morgan fingerprint density at radius 2 is 2.06 bits per heavy atom. The lowest BCUT2D eigenvalue weighted by Crippen LogP contribution is -2.41. The number of hydrogen-bond acceptors (Lipinski definition) is 7. The fourth-order valence-corrected chi connectivity index (χ4v) is 1.71. The average molecular weight is 226 g/mol. The second kappa shape index (κ2) is 3.39. The smallest absolute Gasteiger partial charge is 0.340 e. The number of esters is 2. The van der Waals surface area contributed by atoms with Gasteiger partial charge in [0.2, 0.25) is 5.85 Å². The van der Waals surface area contributed by atoms with E-state index in [9.17, 15) is 9.59 Å². The van der Waals surface area contributed by atoms with Gasteiger partial charge in [-0.1, -0.05) is 0 Å². The minimum Gasteiger partial charge on any atom is -0.466 e. The third kappa shape index (κ3) is 1.25. The Morgan fingerprint density at radius 1 is 1.44 bits per heavy atom. The molecule has 2 atom stereocenters. The number of fused-ring (bicyclic) bond motifs is 2. The summed E-state index contributed by atoms with van der Waals surface area (Å²) in [4.78, 5) is 26.8. The Hall–Kier alpha value is -1.73. The fourth-order valence-electron chi connectivity index (χ4n) is 1.71. The molecule has 2 N–H and O–H groups in total. The predicted octanol–water partition coefficient (Wildman–Crippen LogP) is -1.28. The number of aliphatic imine (C=N–C) groups is 1. The third-order valence-corrected chi connectivity index (χ3v) is 2.42. The van der Waals surface area contributed by atoms with Crippen LogP contribution in [0.15, 0.2) is 16.1 Å². The van der Waals surface area contributed by atoms with Crippen LogP contribution in [0.4, 0.5) is 0 Å². The summed E-state index contributed by atoms with van der Waals surface area (Å²) in [5.41, 5.74) is 5.66. The lowest BCUT2D eigenvalue weighted by molar-refractivity contribution is -0.139. The number of carbonyl (C=O) groups is 2. The molecule has 86 valence electrons. The van der Waals surface area contributed by atoms with E-state index < -0.39 is 23.9 Å². The predicted molar refractivity (Wildman–Crippen MR) is 51.3 cm³/mol. The molecular formula is C9H10N2O5. The molecule has 2 heterocycles. The van der Waals surface area contributed by atoms with E-state index in [1.165, 1.54) is 20.4 Å². The van der Waals surface area contributed by atoms with Gasteiger partial charge in [-0.15, -0.1) is 0 Å². The summed E-state index contributed by atoms with van der Waals surface area (Å²) in [6.07, 6.45) is 0.616. The van der Waals surface area contributed by atoms with Gasteiger partial charge in [0.25, 0.3) is 0 Å². The van der Waals surface area contributed by atoms with Gasteiger partial charge in [0.05, 0.1) is 19.8 Å². The maximum absolute atomic E-state index is 11.5. The molecule has 0 fully saturated rings. The number of hydrogen-bond donors (Lipinski definition) is 1. The summed E-state index contributed by atoms with van der Waals surface area (Å²) >= 11 is 0. The van der Waals surface area contributed by atoms with Gasteiger partial charge < -0.3 is 14.2 Å². The summed E-state index contributed by atoms with van der Waals surface area (Å²) in [7, 11) is 2.39. The number of carbonyl (C=O) groups excluding carboxylic acids is 2. The highest BCUT2D eigenvalue weighted by Gasteiger charge is 2.54. The molecule has 2 unspecified atom stereocenters. The highest BCUT2D eigenvalue weighted by Crippen LogP contribution is 2.38. The molecule has 0 saturated heterocycles. The first-order valence-electron chi connectivity index (χ1n) is 4.47. The molecule has 0 spiro atoms. The lowest BCUT2D eigenvalue weighted by atomic mass is 10.0. The number of nitrogens with two attached hydrogens (primary N) is 1. The molecule has 0 aliphatic carbocycles. The van der Waals surface area contributed by atoms with Gasteiger partial charge >= 0.3 is 11.9 Å². The van der Waals surface area contributed by atoms with Crippen molar-refractivity contribution in [2.75, 3.05) is 14.2 Å². The molecule has 2 bridgehead atoms. The first kappa shape index (κ1) is 10.8. The van der Waals surface area contributed by atoms with Crippen molar-refractivity contribution >= 4 is 18.2 Å². The van der Waals surface area contributed by atoms with E-state index in [-0.39, 0.29) is 11.1 Å². The van der Waals surface area contributed by atoms with Gasteiger partial charge in [-0.25, -0.2) is 14.6 Å². The molecule has 2 aliphatic rings. The van der Waals surface area contributed by atoms with Crippen molar-refractivity contribution in [1.82, 2.24) is 0 Å². The van der Waals surface area contributed by atoms with E-state index in [1.807, 2.05) is 0 Å². The van der Waals surface area contributed by atoms with Crippen LogP contribution in [0.25, 0.3) is 0 Å². The van der Waals surface area contributed by atoms with Crippen LogP contribution < -0.4 is 5.73 Å². The number of methoxy groups -OCH3 is 2. The summed E-state index contributed by atoms with van der Waals surface area (Å²) in [6.45, 7) is 0. The quantitative estimate of drug-likeness (QED) is 0.589. The van der Waals surface area contributed by atoms with E-state index in [4.69, 9.17) is 10.5 Å². The van der Waals surface area contributed by atoms with Crippen molar-refractivity contribution in [3.63, 3.8) is 0 Å². The van der Waals surface area contributed by atoms with Crippen LogP contribution in [-0.2, 0) is 23.8 Å². The van der Waals surface area contributed by atoms with Gasteiger partial charge in [0.1, 0.15) is 11.7 Å². The Balaban J connectivity index is 2.50. The molecule has 0 aromatic rings. The first-order chi connectivity index (χ1) is 7.53. The van der Waals surface area contributed by atoms with Crippen molar-refractivity contribution in [3.8, 4) is 0 Å². The first-order valence-corrected chi connectivity index (χ1v) is 4.47. The third-order valence-electron chi connectivity index (χ3n) is 2.42. The van der Waals surface area contributed by atoms with Crippen LogP contribution >= 0.6 is 0 Å². The molecule has 7 heteroatoms. The summed E-state index contributed by atoms with van der Waals surface area (Å²) in [6, 6.07) is 0. The number of dihydropyridines is 1. The van der Waals surface area contributed by atoms with Crippen molar-refractivity contribution in [3.05, 3.63) is 11.1 Å². The Labute approximate surface area is 90.9 Å². The van der Waals surface area contributed by atoms with Crippen LogP contribution in [0.3, 0.4) is 0 Å². The van der Waals surface area contributed by atoms with Gasteiger partial charge in [-0.05, 0) is 0 Å². The maximum atomic E-state index is 11.5. The van der Waals surface area contributed by atoms with E-state index in [1.54, 1.807) is 0 Å². The second-order valence-corrected chi connectivity index (χ2v) is 3.28. The Kier molecular flexibility index (Phi) is 2.28. The van der Waals surface area contributed by atoms with Gasteiger partial charge in [0.15, 0.2) is 0 Å².